The average Bonchev–Trinajstić information content (AvgIpc) is 3.12. The third-order valence-electron chi connectivity index (χ3n) is 8.93. The highest BCUT2D eigenvalue weighted by Crippen LogP contribution is 2.13. The van der Waals surface area contributed by atoms with E-state index in [2.05, 4.69) is 26.6 Å². The molecule has 19 nitrogen and oxygen atoms in total. The molecule has 312 valence electrons. The minimum absolute atomic E-state index is 0.0117. The van der Waals surface area contributed by atoms with Crippen LogP contribution in [0.3, 0.4) is 0 Å². The third kappa shape index (κ3) is 15.4. The number of morpholine rings is 1. The number of aromatic hydroxyl groups is 1. The number of carbonyl (C=O) groups is 8. The van der Waals surface area contributed by atoms with E-state index in [9.17, 15) is 53.7 Å². The van der Waals surface area contributed by atoms with Crippen molar-refractivity contribution >= 4 is 47.4 Å². The number of phenolic OH excluding ortho intramolecular Hbond substituents is 1. The number of amides is 6. The van der Waals surface area contributed by atoms with Crippen molar-refractivity contribution in [1.29, 1.82) is 0 Å². The molecule has 1 aromatic carbocycles. The van der Waals surface area contributed by atoms with Gasteiger partial charge in [-0.3, -0.25) is 33.6 Å². The Morgan fingerprint density at radius 2 is 1.14 bits per heavy atom. The minimum atomic E-state index is -1.79. The summed E-state index contributed by atoms with van der Waals surface area (Å²) in [6.07, 6.45) is -1.45. The van der Waals surface area contributed by atoms with Crippen LogP contribution in [0.25, 0.3) is 0 Å². The number of nitrogens with one attached hydrogen (secondary N) is 5. The number of carbonyl (C=O) groups excluding carboxylic acids is 6. The van der Waals surface area contributed by atoms with Gasteiger partial charge in [0.05, 0.1) is 32.1 Å². The number of rotatable bonds is 21. The summed E-state index contributed by atoms with van der Waals surface area (Å²) in [4.78, 5) is 106. The van der Waals surface area contributed by atoms with E-state index in [1.54, 1.807) is 53.7 Å². The van der Waals surface area contributed by atoms with E-state index in [-0.39, 0.29) is 50.8 Å². The second kappa shape index (κ2) is 22.3. The van der Waals surface area contributed by atoms with Gasteiger partial charge in [-0.05, 0) is 48.3 Å². The van der Waals surface area contributed by atoms with Crippen LogP contribution < -0.4 is 32.3 Å². The third-order valence-corrected chi connectivity index (χ3v) is 8.93. The highest BCUT2D eigenvalue weighted by Gasteiger charge is 2.36. The molecule has 0 aromatic heterocycles. The fraction of sp³-hybridized carbons (Fsp3) is 0.622. The number of aliphatic carboxylic acids is 2. The smallest absolute Gasteiger partial charge is 0.326 e. The molecular weight excluding hydrogens is 734 g/mol. The van der Waals surface area contributed by atoms with Gasteiger partial charge in [-0.15, -0.1) is 0 Å². The zero-order chi connectivity index (χ0) is 42.3. The van der Waals surface area contributed by atoms with Gasteiger partial charge < -0.3 is 57.3 Å². The summed E-state index contributed by atoms with van der Waals surface area (Å²) in [6, 6.07) is -2.27. The van der Waals surface area contributed by atoms with E-state index in [0.29, 0.717) is 5.56 Å². The molecular formula is C37H57N7O12. The van der Waals surface area contributed by atoms with Crippen molar-refractivity contribution in [3.63, 3.8) is 0 Å². The second-order valence-corrected chi connectivity index (χ2v) is 14.9. The first-order valence-corrected chi connectivity index (χ1v) is 18.6. The lowest BCUT2D eigenvalue weighted by molar-refractivity contribution is -0.144. The van der Waals surface area contributed by atoms with Crippen LogP contribution >= 0.6 is 0 Å². The highest BCUT2D eigenvalue weighted by molar-refractivity contribution is 5.98. The van der Waals surface area contributed by atoms with Crippen LogP contribution in [0.1, 0.15) is 66.4 Å². The number of carboxylic acid groups (broad SMARTS) is 2. The maximum atomic E-state index is 13.8. The molecule has 1 saturated heterocycles. The molecule has 19 heteroatoms. The van der Waals surface area contributed by atoms with Crippen molar-refractivity contribution in [2.45, 2.75) is 103 Å². The number of hydrogen-bond donors (Lipinski definition) is 9. The largest absolute Gasteiger partial charge is 0.508 e. The molecule has 1 aromatic rings. The van der Waals surface area contributed by atoms with Crippen molar-refractivity contribution in [2.75, 3.05) is 26.3 Å². The van der Waals surface area contributed by atoms with Crippen LogP contribution in [-0.2, 0) is 49.5 Å². The quantitative estimate of drug-likeness (QED) is 0.0712. The molecule has 10 N–H and O–H groups in total. The molecule has 0 aliphatic carbocycles. The molecule has 0 radical (unpaired) electrons. The molecule has 1 heterocycles. The van der Waals surface area contributed by atoms with E-state index in [4.69, 9.17) is 10.5 Å². The zero-order valence-corrected chi connectivity index (χ0v) is 32.7. The van der Waals surface area contributed by atoms with Crippen LogP contribution in [-0.4, -0.2) is 130 Å². The van der Waals surface area contributed by atoms with E-state index in [1.807, 2.05) is 0 Å². The molecule has 0 bridgehead atoms. The molecule has 1 aliphatic heterocycles. The van der Waals surface area contributed by atoms with Gasteiger partial charge in [0.15, 0.2) is 0 Å². The van der Waals surface area contributed by atoms with E-state index in [1.165, 1.54) is 17.0 Å². The number of nitrogens with two attached hydrogens (primary N) is 1. The van der Waals surface area contributed by atoms with Crippen molar-refractivity contribution in [1.82, 2.24) is 31.5 Å². The molecule has 0 unspecified atom stereocenters. The fourth-order valence-corrected chi connectivity index (χ4v) is 5.76. The summed E-state index contributed by atoms with van der Waals surface area (Å²) in [7, 11) is 0. The van der Waals surface area contributed by atoms with Gasteiger partial charge >= 0.3 is 11.9 Å². The number of ether oxygens (including phenoxy) is 1. The summed E-state index contributed by atoms with van der Waals surface area (Å²) in [6.45, 7) is 10.9. The van der Waals surface area contributed by atoms with Crippen molar-refractivity contribution in [3.8, 4) is 5.75 Å². The Bertz CT molecular complexity index is 1550. The lowest BCUT2D eigenvalue weighted by atomic mass is 9.98. The monoisotopic (exact) mass is 791 g/mol. The van der Waals surface area contributed by atoms with E-state index < -0.39 is 108 Å². The van der Waals surface area contributed by atoms with Crippen molar-refractivity contribution in [3.05, 3.63) is 29.8 Å². The first-order valence-electron chi connectivity index (χ1n) is 18.6. The Hall–Kier alpha value is -5.30. The Labute approximate surface area is 325 Å². The van der Waals surface area contributed by atoms with Gasteiger partial charge in [-0.2, -0.15) is 0 Å². The predicted octanol–water partition coefficient (Wildman–Crippen LogP) is -1.15. The van der Waals surface area contributed by atoms with Gasteiger partial charge in [0.2, 0.25) is 35.4 Å². The minimum Gasteiger partial charge on any atom is -0.508 e. The van der Waals surface area contributed by atoms with Gasteiger partial charge in [0.1, 0.15) is 36.0 Å². The van der Waals surface area contributed by atoms with E-state index in [0.717, 1.165) is 0 Å². The Balaban J connectivity index is 2.31. The van der Waals surface area contributed by atoms with Crippen molar-refractivity contribution < 1.29 is 58.4 Å². The average molecular weight is 792 g/mol. The second-order valence-electron chi connectivity index (χ2n) is 14.9. The molecule has 56 heavy (non-hydrogen) atoms. The molecule has 0 saturated carbocycles. The normalized spacial score (nSPS) is 16.1. The topological polar surface area (TPSA) is 296 Å². The number of nitrogens with zero attached hydrogens (tertiary/aromatic N) is 1. The number of phenols is 1. The number of hydrogen-bond acceptors (Lipinski definition) is 11. The summed E-state index contributed by atoms with van der Waals surface area (Å²) in [5.74, 6) is -9.12. The summed E-state index contributed by atoms with van der Waals surface area (Å²) >= 11 is 0. The molecule has 6 amide bonds. The van der Waals surface area contributed by atoms with Crippen LogP contribution in [0.4, 0.5) is 0 Å². The van der Waals surface area contributed by atoms with Crippen LogP contribution in [0.15, 0.2) is 24.3 Å². The fourth-order valence-electron chi connectivity index (χ4n) is 5.76. The van der Waals surface area contributed by atoms with Crippen LogP contribution in [0.5, 0.6) is 5.75 Å². The van der Waals surface area contributed by atoms with Gasteiger partial charge in [0.25, 0.3) is 0 Å². The zero-order valence-electron chi connectivity index (χ0n) is 32.7. The standard InChI is InChI=1S/C37H57N7O12/c1-19(2)15-27(37(54)55)41-34(51)26(18-29(47)48)39-33(50)25(17-28(46)44-11-13-56-14-12-44)40-35(52)30(20(3)4)43-36(53)31(21(5)6)42-32(49)24(38)16-22-7-9-23(45)10-8-22/h7-10,19-21,24-27,30-31,45H,11-18,38H2,1-6H3,(H,39,50)(H,40,52)(H,41,51)(H,42,49)(H,43,53)(H,47,48)(H,54,55)/t24-,25-,26-,27-,30-,31-/m0/s1. The molecule has 1 aliphatic rings. The maximum absolute atomic E-state index is 13.8. The first kappa shape index (κ1) is 46.9. The Kier molecular flexibility index (Phi) is 18.7. The van der Waals surface area contributed by atoms with E-state index >= 15 is 0 Å². The number of benzene rings is 1. The molecule has 2 rings (SSSR count). The van der Waals surface area contributed by atoms with Gasteiger partial charge in [-0.25, -0.2) is 4.79 Å². The number of carboxylic acids is 2. The highest BCUT2D eigenvalue weighted by atomic mass is 16.5. The summed E-state index contributed by atoms with van der Waals surface area (Å²) in [5, 5.41) is 40.9. The lowest BCUT2D eigenvalue weighted by Crippen LogP contribution is -2.61. The maximum Gasteiger partial charge on any atom is 0.326 e. The van der Waals surface area contributed by atoms with Gasteiger partial charge in [-0.1, -0.05) is 53.7 Å². The SMILES string of the molecule is CC(C)C[C@H](NC(=O)[C@H](CC(=O)O)NC(=O)[C@H](CC(=O)N1CCOCC1)NC(=O)[C@@H](NC(=O)[C@@H](NC(=O)[C@@H](N)Cc1ccc(O)cc1)C(C)C)C(C)C)C(=O)O. The molecule has 0 spiro atoms. The molecule has 1 fully saturated rings. The van der Waals surface area contributed by atoms with Crippen LogP contribution in [0, 0.1) is 17.8 Å². The first-order chi connectivity index (χ1) is 26.2. The van der Waals surface area contributed by atoms with Gasteiger partial charge in [0, 0.05) is 13.1 Å². The lowest BCUT2D eigenvalue weighted by Gasteiger charge is -2.31. The molecule has 6 atom stereocenters. The predicted molar refractivity (Wildman–Crippen MR) is 200 cm³/mol. The van der Waals surface area contributed by atoms with Crippen LogP contribution in [0.2, 0.25) is 0 Å². The summed E-state index contributed by atoms with van der Waals surface area (Å²) in [5.41, 5.74) is 6.79. The summed E-state index contributed by atoms with van der Waals surface area (Å²) < 4.78 is 5.29. The Morgan fingerprint density at radius 1 is 0.679 bits per heavy atom. The van der Waals surface area contributed by atoms with Crippen molar-refractivity contribution in [2.24, 2.45) is 23.5 Å². The Morgan fingerprint density at radius 3 is 1.62 bits per heavy atom.